The Balaban J connectivity index is 2.47. The molecule has 1 heterocycles. The van der Waals surface area contributed by atoms with E-state index in [1.807, 2.05) is 11.9 Å². The van der Waals surface area contributed by atoms with Crippen molar-refractivity contribution in [2.45, 2.75) is 26.2 Å². The average Bonchev–Trinajstić information content (AvgIpc) is 2.18. The van der Waals surface area contributed by atoms with Crippen molar-refractivity contribution in [1.82, 2.24) is 15.2 Å². The van der Waals surface area contributed by atoms with Gasteiger partial charge in [0.05, 0.1) is 6.20 Å². The van der Waals surface area contributed by atoms with E-state index in [4.69, 9.17) is 11.6 Å². The lowest BCUT2D eigenvalue weighted by Crippen LogP contribution is -2.20. The fourth-order valence-electron chi connectivity index (χ4n) is 1.17. The fraction of sp³-hybridized carbons (Fsp3) is 0.667. The van der Waals surface area contributed by atoms with Gasteiger partial charge in [0.25, 0.3) is 0 Å². The molecule has 0 aliphatic heterocycles. The van der Waals surface area contributed by atoms with E-state index >= 15 is 0 Å². The number of nitrogens with zero attached hydrogens (tertiary/aromatic N) is 4. The van der Waals surface area contributed by atoms with Gasteiger partial charge in [-0.1, -0.05) is 19.8 Å². The van der Waals surface area contributed by atoms with Crippen LogP contribution in [-0.4, -0.2) is 28.8 Å². The molecule has 78 valence electrons. The maximum Gasteiger partial charge on any atom is 0.244 e. The summed E-state index contributed by atoms with van der Waals surface area (Å²) in [5.41, 5.74) is 0. The zero-order valence-electron chi connectivity index (χ0n) is 8.57. The summed E-state index contributed by atoms with van der Waals surface area (Å²) in [6, 6.07) is 0. The van der Waals surface area contributed by atoms with E-state index in [1.54, 1.807) is 6.20 Å². The molecule has 0 bridgehead atoms. The van der Waals surface area contributed by atoms with Gasteiger partial charge in [-0.05, 0) is 18.0 Å². The van der Waals surface area contributed by atoms with Crippen molar-refractivity contribution in [2.75, 3.05) is 18.5 Å². The Kier molecular flexibility index (Phi) is 4.59. The van der Waals surface area contributed by atoms with Crippen molar-refractivity contribution >= 4 is 17.4 Å². The summed E-state index contributed by atoms with van der Waals surface area (Å²) in [5, 5.41) is 7.54. The van der Waals surface area contributed by atoms with Gasteiger partial charge >= 0.3 is 0 Å². The Morgan fingerprint density at radius 1 is 1.43 bits per heavy atom. The molecule has 4 nitrogen and oxygen atoms in total. The zero-order valence-corrected chi connectivity index (χ0v) is 9.33. The number of anilines is 1. The van der Waals surface area contributed by atoms with Gasteiger partial charge in [0.1, 0.15) is 0 Å². The van der Waals surface area contributed by atoms with E-state index in [9.17, 15) is 0 Å². The standard InChI is InChI=1S/C9H15ClN4/c1-3-4-5-6-14(2)8-7-11-13-9(10)12-8/h7H,3-6H2,1-2H3. The number of hydrogen-bond acceptors (Lipinski definition) is 4. The molecular formula is C9H15ClN4. The number of halogens is 1. The summed E-state index contributed by atoms with van der Waals surface area (Å²) in [5.74, 6) is 0.779. The molecule has 0 spiro atoms. The Morgan fingerprint density at radius 2 is 2.21 bits per heavy atom. The molecule has 0 N–H and O–H groups in total. The molecule has 0 radical (unpaired) electrons. The van der Waals surface area contributed by atoms with Gasteiger partial charge < -0.3 is 4.90 Å². The Labute approximate surface area is 89.3 Å². The van der Waals surface area contributed by atoms with Crippen molar-refractivity contribution in [3.05, 3.63) is 11.5 Å². The topological polar surface area (TPSA) is 41.9 Å². The van der Waals surface area contributed by atoms with Crippen LogP contribution in [0.5, 0.6) is 0 Å². The molecule has 0 aliphatic rings. The highest BCUT2D eigenvalue weighted by atomic mass is 35.5. The Bertz CT molecular complexity index is 279. The van der Waals surface area contributed by atoms with Crippen LogP contribution < -0.4 is 4.90 Å². The minimum absolute atomic E-state index is 0.199. The Hall–Kier alpha value is -0.900. The molecule has 1 aromatic rings. The van der Waals surface area contributed by atoms with Gasteiger partial charge in [0.15, 0.2) is 5.82 Å². The third-order valence-electron chi connectivity index (χ3n) is 2.01. The van der Waals surface area contributed by atoms with Crippen LogP contribution in [0.15, 0.2) is 6.20 Å². The van der Waals surface area contributed by atoms with Crippen LogP contribution in [-0.2, 0) is 0 Å². The minimum Gasteiger partial charge on any atom is -0.358 e. The van der Waals surface area contributed by atoms with Crippen molar-refractivity contribution in [3.63, 3.8) is 0 Å². The molecule has 1 aromatic heterocycles. The normalized spacial score (nSPS) is 10.2. The van der Waals surface area contributed by atoms with Gasteiger partial charge in [-0.3, -0.25) is 0 Å². The highest BCUT2D eigenvalue weighted by molar-refractivity contribution is 6.28. The summed E-state index contributed by atoms with van der Waals surface area (Å²) in [6.07, 6.45) is 5.24. The lowest BCUT2D eigenvalue weighted by molar-refractivity contribution is 0.699. The van der Waals surface area contributed by atoms with Crippen LogP contribution in [0.1, 0.15) is 26.2 Å². The third kappa shape index (κ3) is 3.46. The molecule has 1 rings (SSSR count). The monoisotopic (exact) mass is 214 g/mol. The van der Waals surface area contributed by atoms with Gasteiger partial charge in [-0.2, -0.15) is 10.1 Å². The minimum atomic E-state index is 0.199. The number of hydrogen-bond donors (Lipinski definition) is 0. The van der Waals surface area contributed by atoms with Crippen LogP contribution in [0, 0.1) is 0 Å². The molecule has 0 saturated heterocycles. The maximum atomic E-state index is 5.64. The van der Waals surface area contributed by atoms with Gasteiger partial charge in [0, 0.05) is 13.6 Å². The van der Waals surface area contributed by atoms with E-state index in [2.05, 4.69) is 22.1 Å². The summed E-state index contributed by atoms with van der Waals surface area (Å²) in [6.45, 7) is 3.16. The summed E-state index contributed by atoms with van der Waals surface area (Å²) >= 11 is 5.64. The largest absolute Gasteiger partial charge is 0.358 e. The predicted octanol–water partition coefficient (Wildman–Crippen LogP) is 2.15. The fourth-order valence-corrected chi connectivity index (χ4v) is 1.30. The number of aromatic nitrogens is 3. The number of unbranched alkanes of at least 4 members (excludes halogenated alkanes) is 2. The molecule has 14 heavy (non-hydrogen) atoms. The first-order chi connectivity index (χ1) is 6.74. The maximum absolute atomic E-state index is 5.64. The first-order valence-corrected chi connectivity index (χ1v) is 5.18. The quantitative estimate of drug-likeness (QED) is 0.705. The molecular weight excluding hydrogens is 200 g/mol. The number of rotatable bonds is 5. The SMILES string of the molecule is CCCCCN(C)c1cnnc(Cl)n1. The zero-order chi connectivity index (χ0) is 10.4. The highest BCUT2D eigenvalue weighted by Crippen LogP contribution is 2.09. The molecule has 0 unspecified atom stereocenters. The second-order valence-corrected chi connectivity index (χ2v) is 3.55. The average molecular weight is 215 g/mol. The second kappa shape index (κ2) is 5.75. The van der Waals surface area contributed by atoms with Crippen molar-refractivity contribution < 1.29 is 0 Å². The molecule has 0 saturated carbocycles. The summed E-state index contributed by atoms with van der Waals surface area (Å²) < 4.78 is 0. The van der Waals surface area contributed by atoms with Gasteiger partial charge in [0.2, 0.25) is 5.28 Å². The van der Waals surface area contributed by atoms with Crippen LogP contribution in [0.4, 0.5) is 5.82 Å². The molecule has 0 fully saturated rings. The smallest absolute Gasteiger partial charge is 0.244 e. The highest BCUT2D eigenvalue weighted by Gasteiger charge is 2.03. The first kappa shape index (κ1) is 11.2. The summed E-state index contributed by atoms with van der Waals surface area (Å²) in [7, 11) is 1.98. The van der Waals surface area contributed by atoms with Crippen molar-refractivity contribution in [3.8, 4) is 0 Å². The first-order valence-electron chi connectivity index (χ1n) is 4.80. The van der Waals surface area contributed by atoms with Crippen LogP contribution in [0.2, 0.25) is 5.28 Å². The molecule has 0 amide bonds. The molecule has 0 aromatic carbocycles. The second-order valence-electron chi connectivity index (χ2n) is 3.21. The molecule has 5 heteroatoms. The van der Waals surface area contributed by atoms with Gasteiger partial charge in [-0.15, -0.1) is 5.10 Å². The van der Waals surface area contributed by atoms with Crippen molar-refractivity contribution in [1.29, 1.82) is 0 Å². The summed E-state index contributed by atoms with van der Waals surface area (Å²) in [4.78, 5) is 6.11. The van der Waals surface area contributed by atoms with Crippen LogP contribution >= 0.6 is 11.6 Å². The van der Waals surface area contributed by atoms with Gasteiger partial charge in [-0.25, -0.2) is 0 Å². The predicted molar refractivity (Wildman–Crippen MR) is 57.6 cm³/mol. The molecule has 0 aliphatic carbocycles. The van der Waals surface area contributed by atoms with Crippen LogP contribution in [0.25, 0.3) is 0 Å². The van der Waals surface area contributed by atoms with E-state index in [1.165, 1.54) is 12.8 Å². The van der Waals surface area contributed by atoms with E-state index in [0.717, 1.165) is 18.8 Å². The lowest BCUT2D eigenvalue weighted by Gasteiger charge is -2.16. The third-order valence-corrected chi connectivity index (χ3v) is 2.17. The molecule has 0 atom stereocenters. The Morgan fingerprint density at radius 3 is 2.86 bits per heavy atom. The van der Waals surface area contributed by atoms with Crippen LogP contribution in [0.3, 0.4) is 0 Å². The van der Waals surface area contributed by atoms with Crippen molar-refractivity contribution in [2.24, 2.45) is 0 Å². The van der Waals surface area contributed by atoms with E-state index in [-0.39, 0.29) is 5.28 Å². The van der Waals surface area contributed by atoms with E-state index < -0.39 is 0 Å². The lowest BCUT2D eigenvalue weighted by atomic mass is 10.2. The van der Waals surface area contributed by atoms with E-state index in [0.29, 0.717) is 0 Å².